The molecular weight excluding hydrogens is 185 g/mol. The summed E-state index contributed by atoms with van der Waals surface area (Å²) in [6, 6.07) is 0. The number of hydrogen-bond acceptors (Lipinski definition) is 3. The van der Waals surface area contributed by atoms with Crippen LogP contribution in [-0.2, 0) is 0 Å². The van der Waals surface area contributed by atoms with E-state index in [-0.39, 0.29) is 18.8 Å². The van der Waals surface area contributed by atoms with Gasteiger partial charge in [-0.15, -0.1) is 8.86 Å². The molecule has 13 heavy (non-hydrogen) atoms. The monoisotopic (exact) mass is 199 g/mol. The van der Waals surface area contributed by atoms with Crippen molar-refractivity contribution in [2.75, 3.05) is 5.73 Å². The van der Waals surface area contributed by atoms with Gasteiger partial charge in [0.15, 0.2) is 5.82 Å². The minimum Gasteiger partial charge on any atom is -0.379 e. The van der Waals surface area contributed by atoms with Crippen LogP contribution in [0.4, 0.5) is 5.82 Å². The molecule has 0 radical (unpaired) electrons. The molecule has 72 valence electrons. The van der Waals surface area contributed by atoms with E-state index in [2.05, 4.69) is 18.8 Å². The predicted molar refractivity (Wildman–Crippen MR) is 58.8 cm³/mol. The quantitative estimate of drug-likeness (QED) is 0.662. The summed E-state index contributed by atoms with van der Waals surface area (Å²) in [7, 11) is 3.31. The molecule has 5 heteroatoms. The number of anilines is 1. The van der Waals surface area contributed by atoms with Gasteiger partial charge in [0.25, 0.3) is 5.56 Å². The molecule has 1 aromatic heterocycles. The molecule has 1 rings (SSSR count). The second-order valence-corrected chi connectivity index (χ2v) is 3.29. The fraction of sp³-hybridized carbons (Fsp3) is 0.375. The van der Waals surface area contributed by atoms with Gasteiger partial charge in [-0.2, -0.15) is 0 Å². The SMILES string of the molecule is C.CC(=P)c1[nH]c(=O)c(N)nc1C. The number of H-pyrrole nitrogens is 1. The fourth-order valence-electron chi connectivity index (χ4n) is 0.920. The predicted octanol–water partition coefficient (Wildman–Crippen LogP) is 0.980. The zero-order valence-corrected chi connectivity index (χ0v) is 7.93. The van der Waals surface area contributed by atoms with E-state index < -0.39 is 0 Å². The van der Waals surface area contributed by atoms with Crippen LogP contribution in [0, 0.1) is 6.92 Å². The number of hydrogen-bond donors (Lipinski definition) is 2. The summed E-state index contributed by atoms with van der Waals surface area (Å²) in [5.74, 6) is 0.00386. The molecule has 0 bridgehead atoms. The van der Waals surface area contributed by atoms with Gasteiger partial charge in [-0.3, -0.25) is 4.79 Å². The van der Waals surface area contributed by atoms with E-state index >= 15 is 0 Å². The van der Waals surface area contributed by atoms with Crippen LogP contribution in [0.25, 0.3) is 0 Å². The van der Waals surface area contributed by atoms with E-state index in [1.807, 2.05) is 6.92 Å². The third-order valence-electron chi connectivity index (χ3n) is 1.50. The summed E-state index contributed by atoms with van der Waals surface area (Å²) < 4.78 is 0. The van der Waals surface area contributed by atoms with Gasteiger partial charge in [0, 0.05) is 0 Å². The maximum atomic E-state index is 11.0. The van der Waals surface area contributed by atoms with Gasteiger partial charge >= 0.3 is 0 Å². The molecular formula is C8H14N3OP. The smallest absolute Gasteiger partial charge is 0.290 e. The Balaban J connectivity index is 0.00000144. The number of nitrogens with two attached hydrogens (primary N) is 1. The summed E-state index contributed by atoms with van der Waals surface area (Å²) in [4.78, 5) is 17.5. The standard InChI is InChI=1S/C7H10N3OP.CH4/c1-3-5(4(2)12)10-7(11)6(8)9-3;/h12H,1-2H3,(H2,8,9)(H,10,11);1H4. The Labute approximate surface area is 79.4 Å². The third-order valence-corrected chi connectivity index (χ3v) is 1.75. The Bertz CT molecular complexity index is 383. The van der Waals surface area contributed by atoms with Gasteiger partial charge in [0.2, 0.25) is 0 Å². The second-order valence-electron chi connectivity index (χ2n) is 2.54. The lowest BCUT2D eigenvalue weighted by atomic mass is 10.2. The molecule has 1 heterocycles. The fourth-order valence-corrected chi connectivity index (χ4v) is 1.16. The first kappa shape index (κ1) is 11.8. The highest BCUT2D eigenvalue weighted by atomic mass is 31.0. The highest BCUT2D eigenvalue weighted by molar-refractivity contribution is 7.21. The van der Waals surface area contributed by atoms with Crippen LogP contribution >= 0.6 is 8.86 Å². The first-order valence-corrected chi connectivity index (χ1v) is 3.94. The molecule has 0 aliphatic heterocycles. The summed E-state index contributed by atoms with van der Waals surface area (Å²) >= 11 is 0. The van der Waals surface area contributed by atoms with Crippen LogP contribution in [0.15, 0.2) is 4.79 Å². The van der Waals surface area contributed by atoms with Gasteiger partial charge in [0.1, 0.15) is 0 Å². The van der Waals surface area contributed by atoms with Crippen molar-refractivity contribution in [1.29, 1.82) is 0 Å². The molecule has 0 aliphatic rings. The maximum Gasteiger partial charge on any atom is 0.290 e. The molecule has 0 saturated heterocycles. The molecule has 1 aromatic rings. The Morgan fingerprint density at radius 2 is 2.15 bits per heavy atom. The molecule has 0 unspecified atom stereocenters. The first-order valence-electron chi connectivity index (χ1n) is 3.44. The number of aromatic nitrogens is 2. The Morgan fingerprint density at radius 3 is 2.62 bits per heavy atom. The van der Waals surface area contributed by atoms with E-state index in [9.17, 15) is 4.79 Å². The van der Waals surface area contributed by atoms with Crippen molar-refractivity contribution in [2.24, 2.45) is 0 Å². The van der Waals surface area contributed by atoms with Crippen LogP contribution in [0.5, 0.6) is 0 Å². The number of rotatable bonds is 1. The van der Waals surface area contributed by atoms with Crippen LogP contribution < -0.4 is 11.3 Å². The summed E-state index contributed by atoms with van der Waals surface area (Å²) in [5, 5.41) is 0.831. The lowest BCUT2D eigenvalue weighted by Crippen LogP contribution is -2.19. The van der Waals surface area contributed by atoms with E-state index in [0.717, 1.165) is 5.29 Å². The average Bonchev–Trinajstić information content (AvgIpc) is 1.96. The van der Waals surface area contributed by atoms with Crippen molar-refractivity contribution in [2.45, 2.75) is 21.3 Å². The average molecular weight is 199 g/mol. The topological polar surface area (TPSA) is 71.8 Å². The van der Waals surface area contributed by atoms with Gasteiger partial charge in [-0.25, -0.2) is 4.98 Å². The van der Waals surface area contributed by atoms with Gasteiger partial charge in [-0.1, -0.05) is 7.43 Å². The first-order chi connectivity index (χ1) is 5.52. The molecule has 3 N–H and O–H groups in total. The van der Waals surface area contributed by atoms with Gasteiger partial charge in [0.05, 0.1) is 11.4 Å². The van der Waals surface area contributed by atoms with Crippen molar-refractivity contribution in [1.82, 2.24) is 9.97 Å². The van der Waals surface area contributed by atoms with Crippen LogP contribution in [0.1, 0.15) is 25.7 Å². The summed E-state index contributed by atoms with van der Waals surface area (Å²) in [6.07, 6.45) is 0. The van der Waals surface area contributed by atoms with Crippen LogP contribution in [0.3, 0.4) is 0 Å². The van der Waals surface area contributed by atoms with E-state index in [4.69, 9.17) is 5.73 Å². The Kier molecular flexibility index (Phi) is 3.82. The molecule has 0 atom stereocenters. The Morgan fingerprint density at radius 1 is 1.62 bits per heavy atom. The zero-order chi connectivity index (χ0) is 9.30. The third kappa shape index (κ3) is 2.39. The lowest BCUT2D eigenvalue weighted by Gasteiger charge is -2.02. The number of nitrogens with one attached hydrogen (secondary N) is 1. The minimum atomic E-state index is -0.354. The maximum absolute atomic E-state index is 11.0. The van der Waals surface area contributed by atoms with Crippen LogP contribution in [0.2, 0.25) is 0 Å². The summed E-state index contributed by atoms with van der Waals surface area (Å²) in [5.41, 5.74) is 6.35. The van der Waals surface area contributed by atoms with E-state index in [1.165, 1.54) is 0 Å². The van der Waals surface area contributed by atoms with E-state index in [1.54, 1.807) is 6.92 Å². The molecule has 4 nitrogen and oxygen atoms in total. The molecule has 0 aromatic carbocycles. The second kappa shape index (κ2) is 4.19. The number of nitrogens with zero attached hydrogens (tertiary/aromatic N) is 1. The number of aromatic amines is 1. The molecule has 0 aliphatic carbocycles. The van der Waals surface area contributed by atoms with E-state index in [0.29, 0.717) is 11.4 Å². The van der Waals surface area contributed by atoms with Gasteiger partial charge < -0.3 is 10.7 Å². The zero-order valence-electron chi connectivity index (χ0n) is 6.93. The van der Waals surface area contributed by atoms with Crippen molar-refractivity contribution in [3.63, 3.8) is 0 Å². The highest BCUT2D eigenvalue weighted by Crippen LogP contribution is 2.02. The largest absolute Gasteiger partial charge is 0.379 e. The normalized spacial score (nSPS) is 9.08. The van der Waals surface area contributed by atoms with Crippen LogP contribution in [-0.4, -0.2) is 15.3 Å². The van der Waals surface area contributed by atoms with Gasteiger partial charge in [-0.05, 0) is 19.1 Å². The molecule has 0 amide bonds. The minimum absolute atomic E-state index is 0. The van der Waals surface area contributed by atoms with Crippen molar-refractivity contribution >= 4 is 20.0 Å². The Hall–Kier alpha value is -1.15. The summed E-state index contributed by atoms with van der Waals surface area (Å²) in [6.45, 7) is 3.61. The van der Waals surface area contributed by atoms with Crippen molar-refractivity contribution in [3.8, 4) is 0 Å². The molecule has 0 fully saturated rings. The highest BCUT2D eigenvalue weighted by Gasteiger charge is 2.04. The van der Waals surface area contributed by atoms with Crippen molar-refractivity contribution < 1.29 is 0 Å². The molecule has 0 spiro atoms. The number of aryl methyl sites for hydroxylation is 1. The lowest BCUT2D eigenvalue weighted by molar-refractivity contribution is 1.07. The van der Waals surface area contributed by atoms with Crippen molar-refractivity contribution in [3.05, 3.63) is 21.7 Å². The molecule has 0 saturated carbocycles. The number of nitrogen functional groups attached to an aromatic ring is 1.